The fourth-order valence-electron chi connectivity index (χ4n) is 1.87. The van der Waals surface area contributed by atoms with Crippen LogP contribution in [0.15, 0.2) is 24.3 Å². The Morgan fingerprint density at radius 1 is 1.43 bits per heavy atom. The zero-order valence-electron chi connectivity index (χ0n) is 11.4. The fourth-order valence-corrected chi connectivity index (χ4v) is 2.00. The van der Waals surface area contributed by atoms with Crippen molar-refractivity contribution in [3.05, 3.63) is 35.1 Å². The third-order valence-corrected chi connectivity index (χ3v) is 3.22. The molecule has 112 valence electrons. The Balaban J connectivity index is 2.05. The number of aromatic nitrogens is 4. The van der Waals surface area contributed by atoms with Crippen molar-refractivity contribution in [3.63, 3.8) is 0 Å². The van der Waals surface area contributed by atoms with E-state index in [1.165, 1.54) is 4.68 Å². The Morgan fingerprint density at radius 2 is 2.14 bits per heavy atom. The Morgan fingerprint density at radius 3 is 2.76 bits per heavy atom. The van der Waals surface area contributed by atoms with Crippen molar-refractivity contribution in [1.29, 1.82) is 0 Å². The summed E-state index contributed by atoms with van der Waals surface area (Å²) in [5.41, 5.74) is 0. The van der Waals surface area contributed by atoms with Gasteiger partial charge in [0.2, 0.25) is 0 Å². The van der Waals surface area contributed by atoms with Gasteiger partial charge in [-0.1, -0.05) is 18.5 Å². The summed E-state index contributed by atoms with van der Waals surface area (Å²) in [4.78, 5) is 10.9. The van der Waals surface area contributed by atoms with Crippen molar-refractivity contribution in [2.45, 2.75) is 32.4 Å². The number of tetrazole rings is 1. The van der Waals surface area contributed by atoms with Gasteiger partial charge in [0.1, 0.15) is 12.4 Å². The predicted octanol–water partition coefficient (Wildman–Crippen LogP) is 2.33. The lowest BCUT2D eigenvalue weighted by molar-refractivity contribution is -0.138. The summed E-state index contributed by atoms with van der Waals surface area (Å²) < 4.78 is 7.08. The van der Waals surface area contributed by atoms with Gasteiger partial charge < -0.3 is 9.84 Å². The van der Waals surface area contributed by atoms with Gasteiger partial charge in [0.25, 0.3) is 0 Å². The maximum Gasteiger partial charge on any atom is 0.305 e. The number of rotatable bonds is 7. The van der Waals surface area contributed by atoms with Crippen molar-refractivity contribution < 1.29 is 14.6 Å². The highest BCUT2D eigenvalue weighted by Crippen LogP contribution is 2.19. The second-order valence-corrected chi connectivity index (χ2v) is 4.88. The average molecular weight is 311 g/mol. The van der Waals surface area contributed by atoms with Crippen LogP contribution in [-0.4, -0.2) is 31.3 Å². The van der Waals surface area contributed by atoms with E-state index in [0.29, 0.717) is 23.0 Å². The van der Waals surface area contributed by atoms with E-state index in [1.54, 1.807) is 24.3 Å². The van der Waals surface area contributed by atoms with Crippen LogP contribution in [0.5, 0.6) is 5.75 Å². The number of hydrogen-bond donors (Lipinski definition) is 1. The molecule has 1 N–H and O–H groups in total. The van der Waals surface area contributed by atoms with Gasteiger partial charge in [-0.15, -0.1) is 5.10 Å². The van der Waals surface area contributed by atoms with E-state index in [-0.39, 0.29) is 19.1 Å². The highest BCUT2D eigenvalue weighted by Gasteiger charge is 2.19. The molecule has 8 heteroatoms. The first-order chi connectivity index (χ1) is 10.1. The first-order valence-corrected chi connectivity index (χ1v) is 6.84. The topological polar surface area (TPSA) is 90.1 Å². The molecule has 0 saturated carbocycles. The van der Waals surface area contributed by atoms with E-state index >= 15 is 0 Å². The van der Waals surface area contributed by atoms with Crippen LogP contribution in [0, 0.1) is 0 Å². The van der Waals surface area contributed by atoms with E-state index < -0.39 is 5.97 Å². The molecule has 7 nitrogen and oxygen atoms in total. The van der Waals surface area contributed by atoms with Gasteiger partial charge in [-0.2, -0.15) is 0 Å². The normalized spacial score (nSPS) is 12.1. The maximum atomic E-state index is 10.9. The molecule has 2 rings (SSSR count). The van der Waals surface area contributed by atoms with Crippen LogP contribution in [0.1, 0.15) is 31.6 Å². The number of carboxylic acids is 1. The molecule has 0 aliphatic carbocycles. The second-order valence-electron chi connectivity index (χ2n) is 4.44. The molecule has 1 unspecified atom stereocenters. The number of halogens is 1. The number of aliphatic carboxylic acids is 1. The van der Waals surface area contributed by atoms with Crippen LogP contribution in [0.4, 0.5) is 0 Å². The highest BCUT2D eigenvalue weighted by molar-refractivity contribution is 6.30. The van der Waals surface area contributed by atoms with Crippen LogP contribution >= 0.6 is 11.6 Å². The minimum atomic E-state index is -0.887. The molecule has 1 aromatic carbocycles. The maximum absolute atomic E-state index is 10.9. The van der Waals surface area contributed by atoms with Gasteiger partial charge in [-0.05, 0) is 41.1 Å². The van der Waals surface area contributed by atoms with E-state index in [9.17, 15) is 4.79 Å². The monoisotopic (exact) mass is 310 g/mol. The van der Waals surface area contributed by atoms with Crippen LogP contribution in [-0.2, 0) is 11.4 Å². The van der Waals surface area contributed by atoms with Crippen molar-refractivity contribution >= 4 is 17.6 Å². The Kier molecular flexibility index (Phi) is 5.10. The SMILES string of the molecule is CCC(CC(=O)O)n1nnnc1COc1ccc(Cl)cc1. The summed E-state index contributed by atoms with van der Waals surface area (Å²) in [6.07, 6.45) is 0.584. The number of hydrogen-bond acceptors (Lipinski definition) is 5. The first-order valence-electron chi connectivity index (χ1n) is 6.47. The molecule has 2 aromatic rings. The van der Waals surface area contributed by atoms with Crippen molar-refractivity contribution in [3.8, 4) is 5.75 Å². The zero-order valence-corrected chi connectivity index (χ0v) is 12.2. The van der Waals surface area contributed by atoms with Crippen LogP contribution in [0.2, 0.25) is 5.02 Å². The summed E-state index contributed by atoms with van der Waals surface area (Å²) >= 11 is 5.80. The number of ether oxygens (including phenoxy) is 1. The minimum absolute atomic E-state index is 0.0323. The molecule has 0 fully saturated rings. The van der Waals surface area contributed by atoms with Crippen LogP contribution < -0.4 is 4.74 Å². The third-order valence-electron chi connectivity index (χ3n) is 2.97. The molecule has 0 radical (unpaired) electrons. The molecule has 0 saturated heterocycles. The quantitative estimate of drug-likeness (QED) is 0.844. The van der Waals surface area contributed by atoms with E-state index in [1.807, 2.05) is 6.92 Å². The molecule has 1 heterocycles. The third kappa shape index (κ3) is 4.16. The zero-order chi connectivity index (χ0) is 15.2. The lowest BCUT2D eigenvalue weighted by atomic mass is 10.1. The lowest BCUT2D eigenvalue weighted by Gasteiger charge is -2.14. The number of carbonyl (C=O) groups is 1. The summed E-state index contributed by atoms with van der Waals surface area (Å²) in [7, 11) is 0. The average Bonchev–Trinajstić information content (AvgIpc) is 2.92. The fraction of sp³-hybridized carbons (Fsp3) is 0.385. The van der Waals surface area contributed by atoms with Crippen LogP contribution in [0.25, 0.3) is 0 Å². The number of carboxylic acid groups (broad SMARTS) is 1. The predicted molar refractivity (Wildman–Crippen MR) is 75.2 cm³/mol. The van der Waals surface area contributed by atoms with E-state index in [2.05, 4.69) is 15.5 Å². The molecule has 0 bridgehead atoms. The van der Waals surface area contributed by atoms with Gasteiger partial charge in [-0.25, -0.2) is 4.68 Å². The van der Waals surface area contributed by atoms with Gasteiger partial charge in [0.05, 0.1) is 12.5 Å². The van der Waals surface area contributed by atoms with Gasteiger partial charge in [0.15, 0.2) is 5.82 Å². The molecule has 0 aliphatic rings. The minimum Gasteiger partial charge on any atom is -0.486 e. The van der Waals surface area contributed by atoms with Crippen LogP contribution in [0.3, 0.4) is 0 Å². The van der Waals surface area contributed by atoms with Crippen molar-refractivity contribution in [2.75, 3.05) is 0 Å². The van der Waals surface area contributed by atoms with E-state index in [4.69, 9.17) is 21.4 Å². The Labute approximate surface area is 126 Å². The summed E-state index contributed by atoms with van der Waals surface area (Å²) in [6.45, 7) is 2.05. The summed E-state index contributed by atoms with van der Waals surface area (Å²) in [5.74, 6) is 0.236. The summed E-state index contributed by atoms with van der Waals surface area (Å²) in [6, 6.07) is 6.63. The smallest absolute Gasteiger partial charge is 0.305 e. The molecule has 0 spiro atoms. The molecule has 0 amide bonds. The Hall–Kier alpha value is -2.15. The molecular weight excluding hydrogens is 296 g/mol. The summed E-state index contributed by atoms with van der Waals surface area (Å²) in [5, 5.41) is 20.9. The largest absolute Gasteiger partial charge is 0.486 e. The van der Waals surface area contributed by atoms with Gasteiger partial charge in [-0.3, -0.25) is 4.79 Å². The molecule has 0 aliphatic heterocycles. The van der Waals surface area contributed by atoms with E-state index in [0.717, 1.165) is 0 Å². The first kappa shape index (κ1) is 15.2. The Bertz CT molecular complexity index is 600. The second kappa shape index (κ2) is 7.03. The standard InChI is InChI=1S/C13H15ClN4O3/c1-2-10(7-13(19)20)18-12(15-16-17-18)8-21-11-5-3-9(14)4-6-11/h3-6,10H,2,7-8H2,1H3,(H,19,20). The van der Waals surface area contributed by atoms with Gasteiger partial charge in [0, 0.05) is 5.02 Å². The molecule has 1 aromatic heterocycles. The number of nitrogens with zero attached hydrogens (tertiary/aromatic N) is 4. The number of benzene rings is 1. The highest BCUT2D eigenvalue weighted by atomic mass is 35.5. The lowest BCUT2D eigenvalue weighted by Crippen LogP contribution is -2.18. The molecule has 21 heavy (non-hydrogen) atoms. The van der Waals surface area contributed by atoms with Gasteiger partial charge >= 0.3 is 5.97 Å². The van der Waals surface area contributed by atoms with Crippen molar-refractivity contribution in [2.24, 2.45) is 0 Å². The van der Waals surface area contributed by atoms with Crippen molar-refractivity contribution in [1.82, 2.24) is 20.2 Å². The molecular formula is C13H15ClN4O3. The molecule has 1 atom stereocenters.